The summed E-state index contributed by atoms with van der Waals surface area (Å²) in [5.74, 6) is -2.87. The van der Waals surface area contributed by atoms with Crippen LogP contribution in [-0.4, -0.2) is 214 Å². The summed E-state index contributed by atoms with van der Waals surface area (Å²) in [6, 6.07) is 3.92. The number of likely N-dealkylation sites (N-methyl/N-ethyl adjacent to an activating group) is 1. The number of nitrogens with two attached hydrogens (primary N) is 1. The molecular weight excluding hydrogens is 1160 g/mol. The van der Waals surface area contributed by atoms with E-state index < -0.39 is 89.6 Å². The minimum atomic E-state index is -1.62. The van der Waals surface area contributed by atoms with Gasteiger partial charge in [0.05, 0.1) is 36.4 Å². The SMILES string of the molecule is CC[C@H](O)[C@@H](C)[C@H]1O[C@@H]1CC(C)(O)/C=C/C=C(\C)[C@H]1OC(=O)C[C@H](O)CC[C@@](C)(O)[C@@H](OC(=O)N2CCN(CCN(C)C(=O)OCc3ccc(NC(=O)[C@H](CCCNC(N)=O)NC(=O)[C@@H](NC(=O)CCCCCN4CC=CC4=O)C(C)C)cc3)CC2)/C=C/[C@@H]1C. The van der Waals surface area contributed by atoms with Crippen LogP contribution in [0, 0.1) is 17.8 Å². The highest BCUT2D eigenvalue weighted by Gasteiger charge is 2.47. The number of carbonyl (C=O) groups is 8. The molecule has 4 aliphatic rings. The number of cyclic esters (lactones) is 1. The Morgan fingerprint density at radius 2 is 1.69 bits per heavy atom. The van der Waals surface area contributed by atoms with Gasteiger partial charge in [-0.05, 0) is 101 Å². The van der Waals surface area contributed by atoms with Crippen molar-refractivity contribution in [3.63, 3.8) is 0 Å². The number of amides is 8. The molecule has 4 aliphatic heterocycles. The second kappa shape index (κ2) is 35.6. The number of rotatable bonds is 30. The predicted molar refractivity (Wildman–Crippen MR) is 337 cm³/mol. The first-order chi connectivity index (χ1) is 42.6. The molecule has 8 amide bonds. The topological polar surface area (TPSA) is 345 Å². The van der Waals surface area contributed by atoms with E-state index in [2.05, 4.69) is 26.2 Å². The Morgan fingerprint density at radius 1 is 0.978 bits per heavy atom. The first kappa shape index (κ1) is 73.8. The molecule has 1 aromatic carbocycles. The molecule has 0 bridgehead atoms. The average molecular weight is 1260 g/mol. The van der Waals surface area contributed by atoms with E-state index in [9.17, 15) is 58.8 Å². The smallest absolute Gasteiger partial charge is 0.410 e. The second-order valence-corrected chi connectivity index (χ2v) is 25.3. The van der Waals surface area contributed by atoms with Gasteiger partial charge in [-0.15, -0.1) is 0 Å². The fraction of sp³-hybridized carbons (Fsp3) is 0.662. The lowest BCUT2D eigenvalue weighted by Gasteiger charge is -2.37. The molecule has 0 aromatic heterocycles. The summed E-state index contributed by atoms with van der Waals surface area (Å²) in [7, 11) is 1.62. The number of primary amides is 1. The van der Waals surface area contributed by atoms with Crippen LogP contribution in [0.1, 0.15) is 132 Å². The lowest BCUT2D eigenvalue weighted by atomic mass is 9.88. The molecule has 2 fully saturated rings. The van der Waals surface area contributed by atoms with Crippen LogP contribution in [-0.2, 0) is 49.5 Å². The van der Waals surface area contributed by atoms with E-state index in [0.717, 1.165) is 12.8 Å². The van der Waals surface area contributed by atoms with Crippen molar-refractivity contribution in [1.82, 2.24) is 35.6 Å². The number of epoxide rings is 1. The van der Waals surface area contributed by atoms with Crippen molar-refractivity contribution in [3.8, 4) is 0 Å². The third-order valence-corrected chi connectivity index (χ3v) is 17.0. The van der Waals surface area contributed by atoms with E-state index in [1.807, 2.05) is 26.8 Å². The Labute approximate surface area is 530 Å². The number of anilines is 1. The highest BCUT2D eigenvalue weighted by Crippen LogP contribution is 2.38. The van der Waals surface area contributed by atoms with Crippen molar-refractivity contribution in [2.75, 3.05) is 71.3 Å². The molecule has 12 atom stereocenters. The molecular formula is C65H101N9O16. The number of piperazine rings is 1. The number of allylic oxidation sites excluding steroid dienone is 2. The monoisotopic (exact) mass is 1260 g/mol. The molecule has 25 heteroatoms. The normalized spacial score (nSPS) is 24.9. The summed E-state index contributed by atoms with van der Waals surface area (Å²) in [6.07, 6.45) is 10.0. The molecule has 90 heavy (non-hydrogen) atoms. The summed E-state index contributed by atoms with van der Waals surface area (Å²) in [5, 5.41) is 54.9. The van der Waals surface area contributed by atoms with E-state index in [1.165, 1.54) is 11.8 Å². The van der Waals surface area contributed by atoms with Gasteiger partial charge in [-0.2, -0.15) is 0 Å². The quantitative estimate of drug-likeness (QED) is 0.0127. The van der Waals surface area contributed by atoms with E-state index in [4.69, 9.17) is 24.7 Å². The van der Waals surface area contributed by atoms with Crippen molar-refractivity contribution in [2.45, 2.75) is 193 Å². The van der Waals surface area contributed by atoms with Gasteiger partial charge in [-0.25, -0.2) is 14.4 Å². The zero-order valence-electron chi connectivity index (χ0n) is 54.1. The van der Waals surface area contributed by atoms with Crippen molar-refractivity contribution in [3.05, 3.63) is 77.9 Å². The predicted octanol–water partition coefficient (Wildman–Crippen LogP) is 4.57. The fourth-order valence-electron chi connectivity index (χ4n) is 11.0. The van der Waals surface area contributed by atoms with Crippen LogP contribution in [0.4, 0.5) is 20.1 Å². The van der Waals surface area contributed by atoms with Gasteiger partial charge in [-0.1, -0.05) is 83.6 Å². The first-order valence-corrected chi connectivity index (χ1v) is 31.8. The maximum Gasteiger partial charge on any atom is 0.410 e. The number of benzene rings is 1. The van der Waals surface area contributed by atoms with Crippen LogP contribution >= 0.6 is 0 Å². The molecule has 0 spiro atoms. The van der Waals surface area contributed by atoms with Crippen LogP contribution in [0.2, 0.25) is 0 Å². The Morgan fingerprint density at radius 3 is 2.34 bits per heavy atom. The number of urea groups is 1. The summed E-state index contributed by atoms with van der Waals surface area (Å²) < 4.78 is 23.3. The number of nitrogens with zero attached hydrogens (tertiary/aromatic N) is 4. The number of nitrogens with one attached hydrogen (secondary N) is 4. The van der Waals surface area contributed by atoms with E-state index in [1.54, 1.807) is 105 Å². The maximum absolute atomic E-state index is 13.8. The molecule has 5 rings (SSSR count). The minimum absolute atomic E-state index is 0.00917. The fourth-order valence-corrected chi connectivity index (χ4v) is 11.0. The minimum Gasteiger partial charge on any atom is -0.457 e. The number of hydrogen-bond acceptors (Lipinski definition) is 17. The standard InChI is InChI=1S/C65H101N9O16/c1-10-50(76)45(6)58-51(88-58)40-64(7,85)28-14-17-43(4)57-44(5)21-26-52(65(8,86)29-27-48(75)39-55(79)90-57)89-63(84)74-37-35-72(36-38-74)34-33-71(9)62(83)87-41-46-22-24-47(25-23-46)68-59(80)49(18-15-30-67-61(66)82)69-60(81)56(42(2)3)70-53(77)19-12-11-13-31-73-32-16-20-54(73)78/h14,16-17,20-26,28,42,44-45,48-52,56-58,75-76,85-86H,10-13,15,18-19,27,29-41H2,1-9H3,(H,68,80)(H,69,81)(H,70,77)(H3,66,67,82)/b26-21+,28-14+,43-17+/t44-,45+,48+,49-,50-,51+,52-,56-,57+,58+,64?,65+/m0/s1. The van der Waals surface area contributed by atoms with E-state index >= 15 is 0 Å². The number of aliphatic hydroxyl groups is 4. The van der Waals surface area contributed by atoms with Crippen molar-refractivity contribution < 1.29 is 77.7 Å². The molecule has 1 aromatic rings. The van der Waals surface area contributed by atoms with Crippen molar-refractivity contribution in [2.24, 2.45) is 23.5 Å². The number of esters is 1. The highest BCUT2D eigenvalue weighted by molar-refractivity contribution is 5.98. The zero-order chi connectivity index (χ0) is 66.3. The largest absolute Gasteiger partial charge is 0.457 e. The molecule has 0 radical (unpaired) electrons. The summed E-state index contributed by atoms with van der Waals surface area (Å²) in [6.45, 7) is 17.9. The van der Waals surface area contributed by atoms with Crippen LogP contribution < -0.4 is 27.0 Å². The molecule has 0 aliphatic carbocycles. The average Bonchev–Trinajstić information content (AvgIpc) is 2.17. The highest BCUT2D eigenvalue weighted by atomic mass is 16.6. The summed E-state index contributed by atoms with van der Waals surface area (Å²) in [4.78, 5) is 110. The first-order valence-electron chi connectivity index (χ1n) is 31.8. The van der Waals surface area contributed by atoms with Gasteiger partial charge in [0.25, 0.3) is 0 Å². The van der Waals surface area contributed by atoms with Crippen LogP contribution in [0.3, 0.4) is 0 Å². The Hall–Kier alpha value is -6.90. The summed E-state index contributed by atoms with van der Waals surface area (Å²) in [5.41, 5.74) is 4.07. The third kappa shape index (κ3) is 24.7. The molecule has 10 N–H and O–H groups in total. The van der Waals surface area contributed by atoms with Gasteiger partial charge in [0.15, 0.2) is 6.10 Å². The Balaban J connectivity index is 1.07. The molecule has 25 nitrogen and oxygen atoms in total. The number of ether oxygens (including phenoxy) is 4. The Bertz CT molecular complexity index is 2670. The third-order valence-electron chi connectivity index (χ3n) is 17.0. The van der Waals surface area contributed by atoms with Gasteiger partial charge < -0.3 is 81.1 Å². The molecule has 4 heterocycles. The van der Waals surface area contributed by atoms with Crippen molar-refractivity contribution >= 4 is 53.5 Å². The summed E-state index contributed by atoms with van der Waals surface area (Å²) >= 11 is 0. The van der Waals surface area contributed by atoms with Gasteiger partial charge in [-0.3, -0.25) is 28.9 Å². The maximum atomic E-state index is 13.8. The van der Waals surface area contributed by atoms with Crippen LogP contribution in [0.25, 0.3) is 0 Å². The van der Waals surface area contributed by atoms with Crippen molar-refractivity contribution in [1.29, 1.82) is 0 Å². The number of hydrogen-bond donors (Lipinski definition) is 9. The number of aliphatic hydroxyl groups excluding tert-OH is 2. The molecule has 1 unspecified atom stereocenters. The number of unbranched alkanes of at least 4 members (excludes halogenated alkanes) is 2. The Kier molecular flexibility index (Phi) is 29.2. The molecule has 502 valence electrons. The van der Waals surface area contributed by atoms with Gasteiger partial charge in [0.1, 0.15) is 30.4 Å². The lowest BCUT2D eigenvalue weighted by molar-refractivity contribution is -0.151. The lowest BCUT2D eigenvalue weighted by Crippen LogP contribution is -2.54. The number of carbonyl (C=O) groups excluding carboxylic acids is 8. The van der Waals surface area contributed by atoms with E-state index in [-0.39, 0.29) is 81.1 Å². The van der Waals surface area contributed by atoms with Gasteiger partial charge in [0.2, 0.25) is 23.6 Å². The zero-order valence-corrected chi connectivity index (χ0v) is 54.1. The van der Waals surface area contributed by atoms with Crippen LogP contribution in [0.5, 0.6) is 0 Å². The second-order valence-electron chi connectivity index (χ2n) is 25.3. The van der Waals surface area contributed by atoms with Gasteiger partial charge >= 0.3 is 24.2 Å². The van der Waals surface area contributed by atoms with E-state index in [0.29, 0.717) is 94.9 Å². The van der Waals surface area contributed by atoms with Crippen LogP contribution in [0.15, 0.2) is 72.4 Å². The van der Waals surface area contributed by atoms with Gasteiger partial charge in [0, 0.05) is 102 Å². The molecule has 2 saturated heterocycles. The molecule has 0 saturated carbocycles.